The summed E-state index contributed by atoms with van der Waals surface area (Å²) in [6.07, 6.45) is 7.43. The van der Waals surface area contributed by atoms with Crippen molar-refractivity contribution in [2.75, 3.05) is 56.2 Å². The standard InChI is InChI=1S/C43H48ClN7O6S/c1-43(2)14-11-32(38(24-43)29-3-6-33(44)7-4-29)27-49-16-18-50(19-17-49)35-8-5-31(41(22-35)57-36-21-30-12-15-45-42(30)46-26-36)25-47-58(54,55)37-9-10-39(40(23-37)51(52)53)48-34-13-20-56-28-34/h3-10,12,15,21-23,26,34,47-48H,11,13-14,16-20,24-25,27-28H2,1-2H3,(H,45,46)/t34-/m1/s1. The number of aromatic nitrogens is 2. The number of ether oxygens (including phenoxy) is 2. The molecule has 58 heavy (non-hydrogen) atoms. The third kappa shape index (κ3) is 9.16. The molecule has 15 heteroatoms. The van der Waals surface area contributed by atoms with Gasteiger partial charge < -0.3 is 24.7 Å². The first-order valence-electron chi connectivity index (χ1n) is 19.7. The Hall–Kier alpha value is -4.99. The molecule has 0 bridgehead atoms. The highest BCUT2D eigenvalue weighted by atomic mass is 35.5. The zero-order valence-electron chi connectivity index (χ0n) is 32.7. The van der Waals surface area contributed by atoms with E-state index in [2.05, 4.69) is 55.8 Å². The van der Waals surface area contributed by atoms with E-state index in [1.54, 1.807) is 6.20 Å². The molecule has 2 aliphatic heterocycles. The molecular formula is C43H48ClN7O6S. The normalized spacial score (nSPS) is 18.8. The van der Waals surface area contributed by atoms with Crippen LogP contribution in [0.1, 0.15) is 50.7 Å². The molecule has 0 saturated carbocycles. The monoisotopic (exact) mass is 825 g/mol. The number of anilines is 2. The van der Waals surface area contributed by atoms with Gasteiger partial charge in [0.1, 0.15) is 22.8 Å². The van der Waals surface area contributed by atoms with Gasteiger partial charge in [-0.15, -0.1) is 0 Å². The summed E-state index contributed by atoms with van der Waals surface area (Å²) < 4.78 is 41.7. The molecule has 0 spiro atoms. The van der Waals surface area contributed by atoms with E-state index in [-0.39, 0.29) is 34.3 Å². The van der Waals surface area contributed by atoms with Gasteiger partial charge in [0, 0.05) is 85.9 Å². The highest BCUT2D eigenvalue weighted by molar-refractivity contribution is 7.89. The Kier molecular flexibility index (Phi) is 11.5. The van der Waals surface area contributed by atoms with Gasteiger partial charge in [0.15, 0.2) is 0 Å². The number of fused-ring (bicyclic) bond motifs is 1. The highest BCUT2D eigenvalue weighted by Crippen LogP contribution is 2.43. The van der Waals surface area contributed by atoms with Crippen molar-refractivity contribution in [3.63, 3.8) is 0 Å². The van der Waals surface area contributed by atoms with Crippen LogP contribution in [0.2, 0.25) is 5.02 Å². The van der Waals surface area contributed by atoms with Gasteiger partial charge in [0.25, 0.3) is 5.69 Å². The number of rotatable bonds is 13. The molecule has 0 unspecified atom stereocenters. The third-order valence-electron chi connectivity index (χ3n) is 11.4. The number of sulfonamides is 1. The Bertz CT molecular complexity index is 2440. The maximum Gasteiger partial charge on any atom is 0.293 e. The maximum atomic E-state index is 13.6. The number of pyridine rings is 1. The number of nitro benzene ring substituents is 1. The van der Waals surface area contributed by atoms with Crippen LogP contribution in [-0.4, -0.2) is 80.2 Å². The minimum atomic E-state index is -4.15. The van der Waals surface area contributed by atoms with Crippen LogP contribution in [0.4, 0.5) is 17.1 Å². The van der Waals surface area contributed by atoms with Crippen LogP contribution < -0.4 is 19.7 Å². The van der Waals surface area contributed by atoms with Crippen molar-refractivity contribution in [3.8, 4) is 11.5 Å². The van der Waals surface area contributed by atoms with E-state index in [0.717, 1.165) is 79.8 Å². The molecule has 3 aromatic carbocycles. The fourth-order valence-corrected chi connectivity index (χ4v) is 9.21. The quantitative estimate of drug-likeness (QED) is 0.0779. The summed E-state index contributed by atoms with van der Waals surface area (Å²) in [7, 11) is -4.15. The number of nitrogens with one attached hydrogen (secondary N) is 3. The van der Waals surface area contributed by atoms with Crippen LogP contribution in [-0.2, 0) is 21.3 Å². The fraction of sp³-hybridized carbons (Fsp3) is 0.372. The van der Waals surface area contributed by atoms with Gasteiger partial charge in [-0.2, -0.15) is 0 Å². The average molecular weight is 826 g/mol. The average Bonchev–Trinajstić information content (AvgIpc) is 3.91. The number of aromatic amines is 1. The third-order valence-corrected chi connectivity index (χ3v) is 13.1. The van der Waals surface area contributed by atoms with E-state index < -0.39 is 14.9 Å². The molecule has 8 rings (SSSR count). The number of nitrogens with zero attached hydrogens (tertiary/aromatic N) is 4. The zero-order valence-corrected chi connectivity index (χ0v) is 34.2. The number of nitro groups is 1. The predicted octanol–water partition coefficient (Wildman–Crippen LogP) is 8.38. The van der Waals surface area contributed by atoms with Gasteiger partial charge in [0.2, 0.25) is 10.0 Å². The lowest BCUT2D eigenvalue weighted by molar-refractivity contribution is -0.384. The molecule has 3 aliphatic rings. The van der Waals surface area contributed by atoms with Crippen LogP contribution in [0.3, 0.4) is 0 Å². The van der Waals surface area contributed by atoms with Crippen molar-refractivity contribution < 1.29 is 22.8 Å². The molecule has 4 heterocycles. The number of benzene rings is 3. The summed E-state index contributed by atoms with van der Waals surface area (Å²) in [5.74, 6) is 0.983. The molecule has 1 aliphatic carbocycles. The first kappa shape index (κ1) is 39.8. The Morgan fingerprint density at radius 2 is 1.86 bits per heavy atom. The number of halogens is 1. The molecule has 0 amide bonds. The second kappa shape index (κ2) is 16.7. The number of H-pyrrole nitrogens is 1. The molecule has 0 radical (unpaired) electrons. The summed E-state index contributed by atoms with van der Waals surface area (Å²) in [6.45, 7) is 9.92. The topological polar surface area (TPSA) is 155 Å². The summed E-state index contributed by atoms with van der Waals surface area (Å²) in [4.78, 5) is 23.6. The molecule has 3 N–H and O–H groups in total. The van der Waals surface area contributed by atoms with Crippen LogP contribution in [0.25, 0.3) is 16.6 Å². The number of hydrogen-bond donors (Lipinski definition) is 3. The van der Waals surface area contributed by atoms with E-state index in [0.29, 0.717) is 36.7 Å². The minimum Gasteiger partial charge on any atom is -0.455 e. The van der Waals surface area contributed by atoms with Crippen molar-refractivity contribution >= 4 is 55.3 Å². The molecule has 1 atom stereocenters. The summed E-state index contributed by atoms with van der Waals surface area (Å²) >= 11 is 6.24. The molecule has 304 valence electrons. The summed E-state index contributed by atoms with van der Waals surface area (Å²) in [5, 5.41) is 16.7. The first-order valence-corrected chi connectivity index (χ1v) is 21.6. The highest BCUT2D eigenvalue weighted by Gasteiger charge is 2.30. The molecule has 2 aromatic heterocycles. The van der Waals surface area contributed by atoms with Crippen molar-refractivity contribution in [2.45, 2.75) is 57.0 Å². The van der Waals surface area contributed by atoms with Crippen molar-refractivity contribution in [1.29, 1.82) is 0 Å². The van der Waals surface area contributed by atoms with E-state index >= 15 is 0 Å². The zero-order chi connectivity index (χ0) is 40.4. The second-order valence-corrected chi connectivity index (χ2v) is 18.3. The van der Waals surface area contributed by atoms with Crippen molar-refractivity contribution in [1.82, 2.24) is 19.6 Å². The van der Waals surface area contributed by atoms with Crippen LogP contribution in [0.15, 0.2) is 95.7 Å². The predicted molar refractivity (Wildman–Crippen MR) is 227 cm³/mol. The smallest absolute Gasteiger partial charge is 0.293 e. The van der Waals surface area contributed by atoms with E-state index in [1.165, 1.54) is 28.8 Å². The number of piperazine rings is 1. The Balaban J connectivity index is 0.995. The number of hydrogen-bond acceptors (Lipinski definition) is 10. The van der Waals surface area contributed by atoms with E-state index in [4.69, 9.17) is 21.1 Å². The van der Waals surface area contributed by atoms with Gasteiger partial charge in [-0.1, -0.05) is 49.2 Å². The summed E-state index contributed by atoms with van der Waals surface area (Å²) in [5.41, 5.74) is 6.67. The minimum absolute atomic E-state index is 0.0845. The van der Waals surface area contributed by atoms with Gasteiger partial charge in [-0.05, 0) is 84.7 Å². The SMILES string of the molecule is CC1(C)CCC(CN2CCN(c3ccc(CNS(=O)(=O)c4ccc(N[C@@H]5CCOC5)c([N+](=O)[O-])c4)c(Oc4cnc5[nH]ccc5c4)c3)CC2)=C(c2ccc(Cl)cc2)C1. The second-order valence-electron chi connectivity index (χ2n) is 16.1. The lowest BCUT2D eigenvalue weighted by Crippen LogP contribution is -2.47. The maximum absolute atomic E-state index is 13.6. The van der Waals surface area contributed by atoms with E-state index in [1.807, 2.05) is 48.7 Å². The Morgan fingerprint density at radius 1 is 1.05 bits per heavy atom. The molecule has 2 saturated heterocycles. The van der Waals surface area contributed by atoms with Crippen LogP contribution in [0.5, 0.6) is 11.5 Å². The Labute approximate surface area is 343 Å². The van der Waals surface area contributed by atoms with Gasteiger partial charge in [-0.3, -0.25) is 15.0 Å². The van der Waals surface area contributed by atoms with Gasteiger partial charge in [0.05, 0.1) is 28.7 Å². The lowest BCUT2D eigenvalue weighted by Gasteiger charge is -2.39. The first-order chi connectivity index (χ1) is 27.9. The lowest BCUT2D eigenvalue weighted by atomic mass is 9.72. The molecular weight excluding hydrogens is 778 g/mol. The van der Waals surface area contributed by atoms with Crippen LogP contribution >= 0.6 is 11.6 Å². The van der Waals surface area contributed by atoms with Gasteiger partial charge in [-0.25, -0.2) is 18.1 Å². The molecule has 13 nitrogen and oxygen atoms in total. The largest absolute Gasteiger partial charge is 0.455 e. The number of allylic oxidation sites excluding steroid dienone is 1. The fourth-order valence-electron chi connectivity index (χ4n) is 8.06. The Morgan fingerprint density at radius 3 is 2.62 bits per heavy atom. The van der Waals surface area contributed by atoms with E-state index in [9.17, 15) is 18.5 Å². The molecule has 2 fully saturated rings. The van der Waals surface area contributed by atoms with Gasteiger partial charge >= 0.3 is 0 Å². The summed E-state index contributed by atoms with van der Waals surface area (Å²) in [6, 6.07) is 21.6. The van der Waals surface area contributed by atoms with Crippen molar-refractivity contribution in [3.05, 3.63) is 117 Å². The van der Waals surface area contributed by atoms with Crippen LogP contribution in [0, 0.1) is 15.5 Å². The van der Waals surface area contributed by atoms with Crippen molar-refractivity contribution in [2.24, 2.45) is 5.41 Å². The molecule has 5 aromatic rings.